The van der Waals surface area contributed by atoms with Crippen LogP contribution < -0.4 is 11.1 Å². The topological polar surface area (TPSA) is 77.2 Å². The Kier molecular flexibility index (Phi) is 3.99. The Labute approximate surface area is 117 Å². The van der Waals surface area contributed by atoms with E-state index in [1.807, 2.05) is 0 Å². The molecule has 0 bridgehead atoms. The van der Waals surface area contributed by atoms with Crippen molar-refractivity contribution in [1.82, 2.24) is 4.37 Å². The van der Waals surface area contributed by atoms with Gasteiger partial charge in [0.2, 0.25) is 0 Å². The summed E-state index contributed by atoms with van der Waals surface area (Å²) in [7, 11) is 0. The number of aromatic nitrogens is 1. The number of carbonyl (C=O) groups excluding carboxylic acids is 1. The minimum absolute atomic E-state index is 0.253. The average Bonchev–Trinajstić information content (AvgIpc) is 2.83. The second kappa shape index (κ2) is 5.36. The zero-order valence-electron chi connectivity index (χ0n) is 11.7. The molecule has 3 N–H and O–H groups in total. The summed E-state index contributed by atoms with van der Waals surface area (Å²) in [6.07, 6.45) is 3.38. The van der Waals surface area contributed by atoms with Crippen molar-refractivity contribution in [2.45, 2.75) is 46.1 Å². The second-order valence-corrected chi connectivity index (χ2v) is 6.51. The van der Waals surface area contributed by atoms with Crippen LogP contribution in [-0.4, -0.2) is 23.0 Å². The van der Waals surface area contributed by atoms with E-state index in [-0.39, 0.29) is 5.82 Å². The van der Waals surface area contributed by atoms with Crippen molar-refractivity contribution >= 4 is 28.3 Å². The molecule has 0 spiro atoms. The van der Waals surface area contributed by atoms with Gasteiger partial charge in [0.25, 0.3) is 0 Å². The Morgan fingerprint density at radius 1 is 1.63 bits per heavy atom. The summed E-state index contributed by atoms with van der Waals surface area (Å²) in [6.45, 7) is 6.65. The van der Waals surface area contributed by atoms with E-state index in [0.29, 0.717) is 23.6 Å². The highest BCUT2D eigenvalue weighted by Crippen LogP contribution is 2.39. The first-order valence-corrected chi connectivity index (χ1v) is 7.39. The number of nitrogens with two attached hydrogens (primary N) is 1. The Morgan fingerprint density at radius 3 is 2.95 bits per heavy atom. The van der Waals surface area contributed by atoms with Gasteiger partial charge in [0, 0.05) is 6.04 Å². The third-order valence-electron chi connectivity index (χ3n) is 3.50. The second-order valence-electron chi connectivity index (χ2n) is 5.74. The van der Waals surface area contributed by atoms with E-state index in [4.69, 9.17) is 10.5 Å². The summed E-state index contributed by atoms with van der Waals surface area (Å²) >= 11 is 1.23. The standard InChI is InChI=1S/C13H21N3O2S/c1-4-18-12(17)9-10(14)16-19-11(9)15-8-5-6-13(2,3)7-8/h8,15H,4-7H2,1-3H3,(H2,14,16). The fourth-order valence-electron chi connectivity index (χ4n) is 2.55. The number of anilines is 2. The van der Waals surface area contributed by atoms with Crippen molar-refractivity contribution in [2.24, 2.45) is 5.41 Å². The maximum Gasteiger partial charge on any atom is 0.344 e. The summed E-state index contributed by atoms with van der Waals surface area (Å²) in [4.78, 5) is 11.9. The lowest BCUT2D eigenvalue weighted by atomic mass is 9.92. The first-order chi connectivity index (χ1) is 8.93. The molecule has 1 aromatic heterocycles. The Morgan fingerprint density at radius 2 is 2.37 bits per heavy atom. The number of nitrogens with zero attached hydrogens (tertiary/aromatic N) is 1. The molecule has 0 amide bonds. The summed E-state index contributed by atoms with van der Waals surface area (Å²) in [6, 6.07) is 0.378. The summed E-state index contributed by atoms with van der Waals surface area (Å²) in [5, 5.41) is 4.14. The van der Waals surface area contributed by atoms with Crippen LogP contribution in [0.5, 0.6) is 0 Å². The van der Waals surface area contributed by atoms with Crippen LogP contribution in [-0.2, 0) is 4.74 Å². The molecule has 106 valence electrons. The molecule has 1 heterocycles. The molecule has 0 radical (unpaired) electrons. The molecule has 1 fully saturated rings. The van der Waals surface area contributed by atoms with Gasteiger partial charge in [0.05, 0.1) is 6.61 Å². The van der Waals surface area contributed by atoms with Gasteiger partial charge in [-0.1, -0.05) is 13.8 Å². The summed E-state index contributed by atoms with van der Waals surface area (Å²) in [5.41, 5.74) is 6.50. The lowest BCUT2D eigenvalue weighted by Crippen LogP contribution is -2.19. The van der Waals surface area contributed by atoms with Gasteiger partial charge in [-0.2, -0.15) is 4.37 Å². The van der Waals surface area contributed by atoms with Gasteiger partial charge in [0.1, 0.15) is 10.6 Å². The van der Waals surface area contributed by atoms with Crippen molar-refractivity contribution in [3.8, 4) is 0 Å². The van der Waals surface area contributed by atoms with Crippen molar-refractivity contribution in [2.75, 3.05) is 17.7 Å². The largest absolute Gasteiger partial charge is 0.462 e. The average molecular weight is 283 g/mol. The number of nitrogen functional groups attached to an aromatic ring is 1. The highest BCUT2D eigenvalue weighted by atomic mass is 32.1. The smallest absolute Gasteiger partial charge is 0.344 e. The normalized spacial score (nSPS) is 21.3. The minimum atomic E-state index is -0.395. The molecule has 19 heavy (non-hydrogen) atoms. The maximum atomic E-state index is 11.9. The maximum absolute atomic E-state index is 11.9. The summed E-state index contributed by atoms with van der Waals surface area (Å²) < 4.78 is 9.08. The third kappa shape index (κ3) is 3.18. The number of rotatable bonds is 4. The number of hydrogen-bond acceptors (Lipinski definition) is 6. The molecule has 1 aliphatic rings. The van der Waals surface area contributed by atoms with Crippen molar-refractivity contribution < 1.29 is 9.53 Å². The van der Waals surface area contributed by atoms with Crippen LogP contribution in [0.15, 0.2) is 0 Å². The van der Waals surface area contributed by atoms with Gasteiger partial charge in [-0.15, -0.1) is 0 Å². The Bertz CT molecular complexity index is 470. The molecule has 2 rings (SSSR count). The lowest BCUT2D eigenvalue weighted by molar-refractivity contribution is 0.0529. The molecule has 0 saturated heterocycles. The highest BCUT2D eigenvalue weighted by Gasteiger charge is 2.32. The minimum Gasteiger partial charge on any atom is -0.462 e. The van der Waals surface area contributed by atoms with E-state index < -0.39 is 5.97 Å². The number of hydrogen-bond donors (Lipinski definition) is 2. The third-order valence-corrected chi connectivity index (χ3v) is 4.29. The van der Waals surface area contributed by atoms with Crippen LogP contribution >= 0.6 is 11.5 Å². The zero-order chi connectivity index (χ0) is 14.0. The van der Waals surface area contributed by atoms with E-state index in [2.05, 4.69) is 23.5 Å². The fourth-order valence-corrected chi connectivity index (χ4v) is 3.33. The molecule has 1 atom stereocenters. The van der Waals surface area contributed by atoms with Crippen molar-refractivity contribution in [3.05, 3.63) is 5.56 Å². The lowest BCUT2D eigenvalue weighted by Gasteiger charge is -2.18. The highest BCUT2D eigenvalue weighted by molar-refractivity contribution is 7.11. The quantitative estimate of drug-likeness (QED) is 0.831. The SMILES string of the molecule is CCOC(=O)c1c(N)nsc1NC1CCC(C)(C)C1. The molecule has 5 nitrogen and oxygen atoms in total. The van der Waals surface area contributed by atoms with Crippen LogP contribution in [0, 0.1) is 5.41 Å². The van der Waals surface area contributed by atoms with Gasteiger partial charge in [-0.25, -0.2) is 4.79 Å². The number of ether oxygens (including phenoxy) is 1. The first-order valence-electron chi connectivity index (χ1n) is 6.62. The van der Waals surface area contributed by atoms with Crippen LogP contribution in [0.2, 0.25) is 0 Å². The first kappa shape index (κ1) is 14.1. The van der Waals surface area contributed by atoms with E-state index in [1.54, 1.807) is 6.92 Å². The van der Waals surface area contributed by atoms with Gasteiger partial charge < -0.3 is 15.8 Å². The van der Waals surface area contributed by atoms with Crippen LogP contribution in [0.3, 0.4) is 0 Å². The molecular weight excluding hydrogens is 262 g/mol. The number of nitrogens with one attached hydrogen (secondary N) is 1. The van der Waals surface area contributed by atoms with Crippen LogP contribution in [0.25, 0.3) is 0 Å². The predicted molar refractivity (Wildman–Crippen MR) is 77.5 cm³/mol. The van der Waals surface area contributed by atoms with Gasteiger partial charge in [-0.05, 0) is 43.1 Å². The molecule has 1 aromatic rings. The fraction of sp³-hybridized carbons (Fsp3) is 0.692. The molecule has 1 unspecified atom stereocenters. The monoisotopic (exact) mass is 283 g/mol. The van der Waals surface area contributed by atoms with E-state index in [9.17, 15) is 4.79 Å². The molecule has 0 aromatic carbocycles. The molecular formula is C13H21N3O2S. The number of carbonyl (C=O) groups is 1. The molecule has 0 aliphatic heterocycles. The van der Waals surface area contributed by atoms with Crippen molar-refractivity contribution in [1.29, 1.82) is 0 Å². The number of esters is 1. The van der Waals surface area contributed by atoms with E-state index in [0.717, 1.165) is 17.8 Å². The predicted octanol–water partition coefficient (Wildman–Crippen LogP) is 2.89. The van der Waals surface area contributed by atoms with E-state index in [1.165, 1.54) is 18.0 Å². The van der Waals surface area contributed by atoms with E-state index >= 15 is 0 Å². The van der Waals surface area contributed by atoms with Gasteiger partial charge >= 0.3 is 5.97 Å². The molecule has 6 heteroatoms. The zero-order valence-corrected chi connectivity index (χ0v) is 12.5. The van der Waals surface area contributed by atoms with Gasteiger partial charge in [0.15, 0.2) is 5.82 Å². The van der Waals surface area contributed by atoms with Crippen LogP contribution in [0.4, 0.5) is 10.8 Å². The van der Waals surface area contributed by atoms with Crippen LogP contribution in [0.1, 0.15) is 50.4 Å². The molecule has 1 aliphatic carbocycles. The Hall–Kier alpha value is -1.30. The Balaban J connectivity index is 2.11. The van der Waals surface area contributed by atoms with Gasteiger partial charge in [-0.3, -0.25) is 0 Å². The summed E-state index contributed by atoms with van der Waals surface area (Å²) in [5.74, 6) is -0.142. The van der Waals surface area contributed by atoms with Crippen molar-refractivity contribution in [3.63, 3.8) is 0 Å². The molecule has 1 saturated carbocycles.